The molecule has 4 aromatic rings. The number of hydrogen-bond acceptors (Lipinski definition) is 8. The summed E-state index contributed by atoms with van der Waals surface area (Å²) in [4.78, 5) is 27.8. The van der Waals surface area contributed by atoms with Crippen LogP contribution in [0, 0.1) is 6.92 Å². The highest BCUT2D eigenvalue weighted by atomic mass is 16.2. The van der Waals surface area contributed by atoms with Gasteiger partial charge in [0.05, 0.1) is 17.1 Å². The van der Waals surface area contributed by atoms with Crippen molar-refractivity contribution in [3.8, 4) is 11.3 Å². The first-order valence-electron chi connectivity index (χ1n) is 11.9. The molecule has 0 atom stereocenters. The van der Waals surface area contributed by atoms with E-state index in [4.69, 9.17) is 5.73 Å². The van der Waals surface area contributed by atoms with Gasteiger partial charge >= 0.3 is 0 Å². The lowest BCUT2D eigenvalue weighted by Crippen LogP contribution is -2.29. The van der Waals surface area contributed by atoms with Gasteiger partial charge in [0.2, 0.25) is 5.91 Å². The van der Waals surface area contributed by atoms with Crippen molar-refractivity contribution in [2.45, 2.75) is 26.3 Å². The number of amides is 1. The summed E-state index contributed by atoms with van der Waals surface area (Å²) in [5.41, 5.74) is 13.1. The third-order valence-electron chi connectivity index (χ3n) is 6.96. The minimum atomic E-state index is 0.0502. The zero-order chi connectivity index (χ0) is 25.0. The summed E-state index contributed by atoms with van der Waals surface area (Å²) < 4.78 is 1.75. The minimum Gasteiger partial charge on any atom is -0.383 e. The first kappa shape index (κ1) is 22.0. The minimum absolute atomic E-state index is 0.0502. The van der Waals surface area contributed by atoms with Crippen LogP contribution in [0.25, 0.3) is 27.6 Å². The largest absolute Gasteiger partial charge is 0.383 e. The first-order chi connectivity index (χ1) is 17.4. The molecule has 0 fully saturated rings. The summed E-state index contributed by atoms with van der Waals surface area (Å²) in [7, 11) is 1.82. The summed E-state index contributed by atoms with van der Waals surface area (Å²) in [5, 5.41) is 13.0. The summed E-state index contributed by atoms with van der Waals surface area (Å²) in [6, 6.07) is 5.90. The van der Waals surface area contributed by atoms with Crippen LogP contribution in [0.15, 0.2) is 37.2 Å². The molecular formula is C26H27N9O. The second kappa shape index (κ2) is 8.33. The van der Waals surface area contributed by atoms with Gasteiger partial charge in [0.1, 0.15) is 18.2 Å². The number of nitrogens with zero attached hydrogens (tertiary/aromatic N) is 6. The van der Waals surface area contributed by atoms with E-state index in [1.54, 1.807) is 15.8 Å². The lowest BCUT2D eigenvalue weighted by atomic mass is 9.97. The number of nitrogen functional groups attached to an aromatic ring is 1. The highest BCUT2D eigenvalue weighted by Gasteiger charge is 2.21. The van der Waals surface area contributed by atoms with Crippen molar-refractivity contribution in [1.29, 1.82) is 0 Å². The molecule has 0 unspecified atom stereocenters. The zero-order valence-electron chi connectivity index (χ0n) is 20.3. The molecule has 6 rings (SSSR count). The molecule has 4 aromatic heterocycles. The maximum absolute atomic E-state index is 12.2. The molecule has 6 heterocycles. The smallest absolute Gasteiger partial charge is 0.244 e. The van der Waals surface area contributed by atoms with Gasteiger partial charge in [-0.25, -0.2) is 9.97 Å². The van der Waals surface area contributed by atoms with Crippen LogP contribution in [-0.4, -0.2) is 55.7 Å². The van der Waals surface area contributed by atoms with Gasteiger partial charge in [-0.05, 0) is 42.0 Å². The van der Waals surface area contributed by atoms with Crippen LogP contribution in [-0.2, 0) is 17.8 Å². The molecule has 0 aromatic carbocycles. The maximum Gasteiger partial charge on any atom is 0.244 e. The van der Waals surface area contributed by atoms with E-state index in [0.29, 0.717) is 24.0 Å². The van der Waals surface area contributed by atoms with E-state index < -0.39 is 0 Å². The van der Waals surface area contributed by atoms with Gasteiger partial charge in [-0.3, -0.25) is 14.5 Å². The lowest BCUT2D eigenvalue weighted by molar-refractivity contribution is -0.130. The SMILES string of the molecule is C=C1CCNc2c1ncc(-c1cc3cc(Nc4cc5n(n4)CC(=O)N(C)CC5)ncc3c(N)n1)c2C. The Morgan fingerprint density at radius 2 is 2.00 bits per heavy atom. The Morgan fingerprint density at radius 1 is 1.14 bits per heavy atom. The molecule has 0 spiro atoms. The third-order valence-corrected chi connectivity index (χ3v) is 6.96. The quantitative estimate of drug-likeness (QED) is 0.407. The molecule has 182 valence electrons. The van der Waals surface area contributed by atoms with Gasteiger partial charge in [0, 0.05) is 61.7 Å². The van der Waals surface area contributed by atoms with E-state index in [-0.39, 0.29) is 12.5 Å². The van der Waals surface area contributed by atoms with Crippen LogP contribution < -0.4 is 16.4 Å². The summed E-state index contributed by atoms with van der Waals surface area (Å²) >= 11 is 0. The predicted octanol–water partition coefficient (Wildman–Crippen LogP) is 3.37. The monoisotopic (exact) mass is 481 g/mol. The number of fused-ring (bicyclic) bond motifs is 3. The van der Waals surface area contributed by atoms with E-state index in [9.17, 15) is 4.79 Å². The van der Waals surface area contributed by atoms with Crippen LogP contribution >= 0.6 is 0 Å². The molecule has 36 heavy (non-hydrogen) atoms. The van der Waals surface area contributed by atoms with Crippen LogP contribution in [0.1, 0.15) is 23.4 Å². The number of likely N-dealkylation sites (N-methyl/N-ethyl adjacent to an activating group) is 1. The molecule has 0 saturated heterocycles. The number of pyridine rings is 3. The van der Waals surface area contributed by atoms with Gasteiger partial charge in [-0.15, -0.1) is 0 Å². The molecular weight excluding hydrogens is 454 g/mol. The summed E-state index contributed by atoms with van der Waals surface area (Å²) in [6.45, 7) is 7.97. The van der Waals surface area contributed by atoms with Crippen LogP contribution in [0.5, 0.6) is 0 Å². The molecule has 0 aliphatic carbocycles. The van der Waals surface area contributed by atoms with E-state index >= 15 is 0 Å². The average molecular weight is 482 g/mol. The number of rotatable bonds is 3. The van der Waals surface area contributed by atoms with Gasteiger partial charge in [0.25, 0.3) is 0 Å². The Hall–Kier alpha value is -4.47. The average Bonchev–Trinajstić information content (AvgIpc) is 3.17. The van der Waals surface area contributed by atoms with Gasteiger partial charge < -0.3 is 21.3 Å². The van der Waals surface area contributed by atoms with E-state index in [2.05, 4.69) is 44.2 Å². The molecule has 2 aliphatic heterocycles. The Balaban J connectivity index is 1.34. The number of carbonyl (C=O) groups excluding carboxylic acids is 1. The van der Waals surface area contributed by atoms with Crippen molar-refractivity contribution < 1.29 is 4.79 Å². The molecule has 10 nitrogen and oxygen atoms in total. The highest BCUT2D eigenvalue weighted by molar-refractivity contribution is 5.95. The van der Waals surface area contributed by atoms with Gasteiger partial charge in [-0.1, -0.05) is 6.58 Å². The normalized spacial score (nSPS) is 15.3. The van der Waals surface area contributed by atoms with E-state index in [1.807, 2.05) is 31.4 Å². The number of aromatic nitrogens is 5. The first-order valence-corrected chi connectivity index (χ1v) is 11.9. The summed E-state index contributed by atoms with van der Waals surface area (Å²) in [6.07, 6.45) is 5.20. The Kier molecular flexibility index (Phi) is 5.10. The van der Waals surface area contributed by atoms with Crippen molar-refractivity contribution in [3.05, 3.63) is 54.1 Å². The number of nitrogens with one attached hydrogen (secondary N) is 2. The molecule has 4 N–H and O–H groups in total. The highest BCUT2D eigenvalue weighted by Crippen LogP contribution is 2.36. The topological polar surface area (TPSA) is 127 Å². The van der Waals surface area contributed by atoms with E-state index in [0.717, 1.165) is 69.6 Å². The van der Waals surface area contributed by atoms with E-state index in [1.165, 1.54) is 0 Å². The Labute approximate surface area is 208 Å². The molecule has 0 radical (unpaired) electrons. The molecule has 1 amide bonds. The standard InChI is InChI=1S/C26H27N9O/c1-14-4-6-28-25-15(2)18(11-30-24(14)25)20-8-16-9-21(29-12-19(16)26(27)31-20)32-22-10-17-5-7-34(3)23(36)13-35(17)33-22/h8-12,28H,1,4-7,13H2,2-3H3,(H2,27,31)(H,29,32,33). The van der Waals surface area contributed by atoms with Gasteiger partial charge in [-0.2, -0.15) is 5.10 Å². The van der Waals surface area contributed by atoms with Crippen molar-refractivity contribution in [3.63, 3.8) is 0 Å². The Morgan fingerprint density at radius 3 is 2.86 bits per heavy atom. The fraction of sp³-hybridized carbons (Fsp3) is 0.269. The number of nitrogens with two attached hydrogens (primary N) is 1. The number of carbonyl (C=O) groups is 1. The maximum atomic E-state index is 12.2. The van der Waals surface area contributed by atoms with Gasteiger partial charge in [0.15, 0.2) is 5.82 Å². The second-order valence-corrected chi connectivity index (χ2v) is 9.35. The number of hydrogen-bond donors (Lipinski definition) is 3. The van der Waals surface area contributed by atoms with Crippen molar-refractivity contribution in [2.24, 2.45) is 0 Å². The molecule has 10 heteroatoms. The second-order valence-electron chi connectivity index (χ2n) is 9.35. The fourth-order valence-corrected chi connectivity index (χ4v) is 4.82. The zero-order valence-corrected chi connectivity index (χ0v) is 20.3. The molecule has 0 bridgehead atoms. The lowest BCUT2D eigenvalue weighted by Gasteiger charge is -2.22. The van der Waals surface area contributed by atoms with Crippen LogP contribution in [0.4, 0.5) is 23.1 Å². The number of anilines is 4. The summed E-state index contributed by atoms with van der Waals surface area (Å²) in [5.74, 6) is 1.74. The predicted molar refractivity (Wildman–Crippen MR) is 141 cm³/mol. The Bertz CT molecular complexity index is 1560. The fourth-order valence-electron chi connectivity index (χ4n) is 4.82. The van der Waals surface area contributed by atoms with Crippen molar-refractivity contribution >= 4 is 45.4 Å². The molecule has 0 saturated carbocycles. The van der Waals surface area contributed by atoms with Crippen molar-refractivity contribution in [2.75, 3.05) is 36.5 Å². The van der Waals surface area contributed by atoms with Crippen molar-refractivity contribution in [1.82, 2.24) is 29.6 Å². The van der Waals surface area contributed by atoms with Crippen LogP contribution in [0.3, 0.4) is 0 Å². The molecule has 2 aliphatic rings. The third kappa shape index (κ3) is 3.71. The van der Waals surface area contributed by atoms with Crippen LogP contribution in [0.2, 0.25) is 0 Å².